The van der Waals surface area contributed by atoms with Crippen molar-refractivity contribution in [2.24, 2.45) is 0 Å². The van der Waals surface area contributed by atoms with E-state index in [0.717, 1.165) is 17.4 Å². The van der Waals surface area contributed by atoms with Crippen LogP contribution in [0.1, 0.15) is 26.3 Å². The predicted molar refractivity (Wildman–Crippen MR) is 80.9 cm³/mol. The molecule has 0 fully saturated rings. The predicted octanol–water partition coefficient (Wildman–Crippen LogP) is 4.17. The molecule has 0 aliphatic heterocycles. The third kappa shape index (κ3) is 4.56. The molecule has 0 bridgehead atoms. The van der Waals surface area contributed by atoms with Gasteiger partial charge < -0.3 is 9.53 Å². The van der Waals surface area contributed by atoms with Crippen LogP contribution in [0.4, 0.5) is 0 Å². The number of carboxylic acid groups (broad SMARTS) is 1. The first-order chi connectivity index (χ1) is 8.62. The summed E-state index contributed by atoms with van der Waals surface area (Å²) in [7, 11) is -1.81. The molecule has 0 saturated carbocycles. The zero-order valence-electron chi connectivity index (χ0n) is 12.2. The highest BCUT2D eigenvalue weighted by molar-refractivity contribution is 6.74. The van der Waals surface area contributed by atoms with E-state index in [-0.39, 0.29) is 5.04 Å². The number of hydrogen-bond acceptors (Lipinski definition) is 2. The maximum atomic E-state index is 10.4. The van der Waals surface area contributed by atoms with E-state index in [0.29, 0.717) is 0 Å². The van der Waals surface area contributed by atoms with Gasteiger partial charge in [0.05, 0.1) is 0 Å². The number of hydrogen-bond donors (Lipinski definition) is 1. The SMILES string of the molecule is CC(C)(C)[Si](C)(C)Oc1ccc(/C=C/C(=O)O)cc1. The normalized spacial score (nSPS) is 12.7. The highest BCUT2D eigenvalue weighted by atomic mass is 28.4. The lowest BCUT2D eigenvalue weighted by atomic mass is 10.2. The Kier molecular flexibility index (Phi) is 4.58. The standard InChI is InChI=1S/C15H22O3Si/c1-15(2,3)19(4,5)18-13-9-6-12(7-10-13)8-11-14(16)17/h6-11H,1-5H3,(H,16,17)/b11-8+. The van der Waals surface area contributed by atoms with Gasteiger partial charge in [0.1, 0.15) is 5.75 Å². The first kappa shape index (κ1) is 15.5. The van der Waals surface area contributed by atoms with Crippen molar-refractivity contribution in [1.29, 1.82) is 0 Å². The molecular formula is C15H22O3Si. The minimum absolute atomic E-state index is 0.162. The van der Waals surface area contributed by atoms with Crippen LogP contribution in [0.15, 0.2) is 30.3 Å². The smallest absolute Gasteiger partial charge is 0.328 e. The van der Waals surface area contributed by atoms with Crippen molar-refractivity contribution in [3.8, 4) is 5.75 Å². The Hall–Kier alpha value is -1.55. The lowest BCUT2D eigenvalue weighted by Crippen LogP contribution is -2.43. The first-order valence-electron chi connectivity index (χ1n) is 6.32. The van der Waals surface area contributed by atoms with Crippen molar-refractivity contribution in [3.63, 3.8) is 0 Å². The van der Waals surface area contributed by atoms with Crippen molar-refractivity contribution in [2.75, 3.05) is 0 Å². The van der Waals surface area contributed by atoms with Gasteiger partial charge in [-0.15, -0.1) is 0 Å². The van der Waals surface area contributed by atoms with Crippen LogP contribution in [0.5, 0.6) is 5.75 Å². The molecule has 0 atom stereocenters. The van der Waals surface area contributed by atoms with Crippen LogP contribution in [-0.4, -0.2) is 19.4 Å². The summed E-state index contributed by atoms with van der Waals surface area (Å²) in [5.74, 6) is -0.0966. The molecule has 0 spiro atoms. The summed E-state index contributed by atoms with van der Waals surface area (Å²) in [6.45, 7) is 11.0. The molecule has 1 N–H and O–H groups in total. The molecule has 0 aromatic heterocycles. The van der Waals surface area contributed by atoms with E-state index in [9.17, 15) is 4.79 Å². The van der Waals surface area contributed by atoms with Crippen LogP contribution in [0, 0.1) is 0 Å². The van der Waals surface area contributed by atoms with Crippen LogP contribution in [0.3, 0.4) is 0 Å². The van der Waals surface area contributed by atoms with Gasteiger partial charge in [-0.25, -0.2) is 4.79 Å². The molecule has 4 heteroatoms. The van der Waals surface area contributed by atoms with Gasteiger partial charge in [0.25, 0.3) is 0 Å². The molecule has 0 heterocycles. The summed E-state index contributed by atoms with van der Waals surface area (Å²) in [6.07, 6.45) is 2.70. The van der Waals surface area contributed by atoms with E-state index >= 15 is 0 Å². The summed E-state index contributed by atoms with van der Waals surface area (Å²) >= 11 is 0. The minimum atomic E-state index is -1.81. The molecule has 0 aliphatic rings. The third-order valence-corrected chi connectivity index (χ3v) is 7.84. The number of benzene rings is 1. The monoisotopic (exact) mass is 278 g/mol. The van der Waals surface area contributed by atoms with Gasteiger partial charge in [-0.1, -0.05) is 32.9 Å². The second-order valence-electron chi connectivity index (χ2n) is 6.10. The molecule has 0 amide bonds. The molecule has 0 radical (unpaired) electrons. The van der Waals surface area contributed by atoms with Gasteiger partial charge in [-0.2, -0.15) is 0 Å². The van der Waals surface area contributed by atoms with E-state index < -0.39 is 14.3 Å². The average Bonchev–Trinajstić information content (AvgIpc) is 2.26. The Labute approximate surface area is 116 Å². The van der Waals surface area contributed by atoms with Crippen LogP contribution >= 0.6 is 0 Å². The van der Waals surface area contributed by atoms with Crippen molar-refractivity contribution in [1.82, 2.24) is 0 Å². The molecule has 104 valence electrons. The van der Waals surface area contributed by atoms with Crippen LogP contribution in [0.25, 0.3) is 6.08 Å². The average molecular weight is 278 g/mol. The van der Waals surface area contributed by atoms with Gasteiger partial charge >= 0.3 is 5.97 Å². The third-order valence-electron chi connectivity index (χ3n) is 3.48. The van der Waals surface area contributed by atoms with Gasteiger partial charge in [-0.05, 0) is 41.9 Å². The largest absolute Gasteiger partial charge is 0.544 e. The Morgan fingerprint density at radius 2 is 1.74 bits per heavy atom. The highest BCUT2D eigenvalue weighted by Crippen LogP contribution is 2.37. The summed E-state index contributed by atoms with van der Waals surface area (Å²) in [4.78, 5) is 10.4. The van der Waals surface area contributed by atoms with Crippen LogP contribution in [0.2, 0.25) is 18.1 Å². The number of carbonyl (C=O) groups is 1. The molecule has 0 aliphatic carbocycles. The molecule has 1 aromatic rings. The van der Waals surface area contributed by atoms with Crippen LogP contribution in [-0.2, 0) is 4.79 Å². The van der Waals surface area contributed by atoms with E-state index in [1.54, 1.807) is 6.08 Å². The minimum Gasteiger partial charge on any atom is -0.544 e. The zero-order valence-corrected chi connectivity index (χ0v) is 13.2. The first-order valence-corrected chi connectivity index (χ1v) is 9.23. The summed E-state index contributed by atoms with van der Waals surface area (Å²) in [6, 6.07) is 7.51. The fraction of sp³-hybridized carbons (Fsp3) is 0.400. The number of rotatable bonds is 4. The van der Waals surface area contributed by atoms with Crippen molar-refractivity contribution >= 4 is 20.4 Å². The number of aliphatic carboxylic acids is 1. The molecule has 0 unspecified atom stereocenters. The Bertz CT molecular complexity index is 467. The summed E-state index contributed by atoms with van der Waals surface area (Å²) < 4.78 is 6.15. The fourth-order valence-electron chi connectivity index (χ4n) is 1.26. The Morgan fingerprint density at radius 3 is 2.16 bits per heavy atom. The van der Waals surface area contributed by atoms with E-state index in [1.165, 1.54) is 0 Å². The van der Waals surface area contributed by atoms with Gasteiger partial charge in [-0.3, -0.25) is 0 Å². The fourth-order valence-corrected chi connectivity index (χ4v) is 2.29. The molecule has 1 aromatic carbocycles. The molecule has 1 rings (SSSR count). The summed E-state index contributed by atoms with van der Waals surface area (Å²) in [5.41, 5.74) is 0.852. The maximum Gasteiger partial charge on any atom is 0.328 e. The zero-order chi connectivity index (χ0) is 14.7. The molecule has 3 nitrogen and oxygen atoms in total. The van der Waals surface area contributed by atoms with Crippen molar-refractivity contribution in [2.45, 2.75) is 38.9 Å². The van der Waals surface area contributed by atoms with E-state index in [4.69, 9.17) is 9.53 Å². The summed E-state index contributed by atoms with van der Waals surface area (Å²) in [5, 5.41) is 8.73. The molecule has 19 heavy (non-hydrogen) atoms. The van der Waals surface area contributed by atoms with Gasteiger partial charge in [0, 0.05) is 6.08 Å². The second-order valence-corrected chi connectivity index (χ2v) is 10.8. The maximum absolute atomic E-state index is 10.4. The van der Waals surface area contributed by atoms with E-state index in [1.807, 2.05) is 24.3 Å². The lowest BCUT2D eigenvalue weighted by molar-refractivity contribution is -0.131. The Morgan fingerprint density at radius 1 is 1.21 bits per heavy atom. The van der Waals surface area contributed by atoms with Crippen molar-refractivity contribution in [3.05, 3.63) is 35.9 Å². The van der Waals surface area contributed by atoms with Gasteiger partial charge in [0.2, 0.25) is 8.32 Å². The van der Waals surface area contributed by atoms with Gasteiger partial charge in [0.15, 0.2) is 0 Å². The topological polar surface area (TPSA) is 46.5 Å². The van der Waals surface area contributed by atoms with Crippen molar-refractivity contribution < 1.29 is 14.3 Å². The highest BCUT2D eigenvalue weighted by Gasteiger charge is 2.38. The Balaban J connectivity index is 2.81. The molecule has 0 saturated heterocycles. The lowest BCUT2D eigenvalue weighted by Gasteiger charge is -2.36. The second kappa shape index (κ2) is 5.61. The van der Waals surface area contributed by atoms with E-state index in [2.05, 4.69) is 33.9 Å². The quantitative estimate of drug-likeness (QED) is 0.664. The number of carboxylic acids is 1. The molecular weight excluding hydrogens is 256 g/mol. The van der Waals surface area contributed by atoms with Crippen LogP contribution < -0.4 is 4.43 Å².